The quantitative estimate of drug-likeness (QED) is 0.815. The second-order valence-corrected chi connectivity index (χ2v) is 5.52. The summed E-state index contributed by atoms with van der Waals surface area (Å²) in [5.41, 5.74) is 6.21. The van der Waals surface area contributed by atoms with Gasteiger partial charge in [-0.15, -0.1) is 11.8 Å². The molecule has 2 rings (SSSR count). The van der Waals surface area contributed by atoms with Crippen LogP contribution < -0.4 is 10.5 Å². The Morgan fingerprint density at radius 1 is 1.32 bits per heavy atom. The first-order valence-electron chi connectivity index (χ1n) is 6.34. The van der Waals surface area contributed by atoms with Gasteiger partial charge >= 0.3 is 0 Å². The van der Waals surface area contributed by atoms with E-state index in [1.807, 2.05) is 30.3 Å². The van der Waals surface area contributed by atoms with Crippen molar-refractivity contribution < 1.29 is 9.15 Å². The van der Waals surface area contributed by atoms with Crippen molar-refractivity contribution in [2.75, 3.05) is 7.11 Å². The third-order valence-corrected chi connectivity index (χ3v) is 4.35. The number of benzene rings is 1. The second-order valence-electron chi connectivity index (χ2n) is 4.30. The van der Waals surface area contributed by atoms with Crippen LogP contribution >= 0.6 is 11.8 Å². The minimum absolute atomic E-state index is 0.0577. The van der Waals surface area contributed by atoms with Crippen LogP contribution in [0.1, 0.15) is 24.4 Å². The average Bonchev–Trinajstić information content (AvgIpc) is 2.98. The van der Waals surface area contributed by atoms with Crippen LogP contribution in [-0.2, 0) is 0 Å². The van der Waals surface area contributed by atoms with E-state index in [4.69, 9.17) is 14.9 Å². The summed E-state index contributed by atoms with van der Waals surface area (Å²) in [6.45, 7) is 2.09. The Bertz CT molecular complexity index is 499. The van der Waals surface area contributed by atoms with Crippen LogP contribution in [0.3, 0.4) is 0 Å². The van der Waals surface area contributed by atoms with Gasteiger partial charge in [-0.2, -0.15) is 0 Å². The maximum absolute atomic E-state index is 6.21. The highest BCUT2D eigenvalue weighted by Crippen LogP contribution is 2.39. The molecule has 0 bridgehead atoms. The molecule has 3 nitrogen and oxygen atoms in total. The first-order valence-corrected chi connectivity index (χ1v) is 7.22. The lowest BCUT2D eigenvalue weighted by atomic mass is 10.1. The minimum atomic E-state index is 0.0577. The molecule has 19 heavy (non-hydrogen) atoms. The summed E-state index contributed by atoms with van der Waals surface area (Å²) >= 11 is 1.71. The lowest BCUT2D eigenvalue weighted by molar-refractivity contribution is 0.413. The Kier molecular flexibility index (Phi) is 4.93. The molecule has 0 spiro atoms. The summed E-state index contributed by atoms with van der Waals surface area (Å²) in [6, 6.07) is 11.9. The van der Waals surface area contributed by atoms with Gasteiger partial charge in [-0.05, 0) is 36.8 Å². The van der Waals surface area contributed by atoms with Crippen molar-refractivity contribution in [2.24, 2.45) is 5.73 Å². The highest BCUT2D eigenvalue weighted by atomic mass is 32.2. The first-order chi connectivity index (χ1) is 9.24. The Morgan fingerprint density at radius 3 is 2.79 bits per heavy atom. The number of methoxy groups -OCH3 is 1. The van der Waals surface area contributed by atoms with Crippen LogP contribution in [-0.4, -0.2) is 13.2 Å². The Labute approximate surface area is 118 Å². The zero-order valence-electron chi connectivity index (χ0n) is 11.2. The van der Waals surface area contributed by atoms with Gasteiger partial charge in [0, 0.05) is 10.9 Å². The van der Waals surface area contributed by atoms with Crippen molar-refractivity contribution in [3.05, 3.63) is 48.4 Å². The SMILES string of the molecule is CCC(N)C(Sc1cccc(OC)c1)c1ccco1. The lowest BCUT2D eigenvalue weighted by Crippen LogP contribution is -2.25. The molecule has 1 aromatic carbocycles. The van der Waals surface area contributed by atoms with Crippen molar-refractivity contribution in [2.45, 2.75) is 29.5 Å². The van der Waals surface area contributed by atoms with Crippen LogP contribution in [0.4, 0.5) is 0 Å². The van der Waals surface area contributed by atoms with E-state index in [1.54, 1.807) is 25.1 Å². The van der Waals surface area contributed by atoms with Crippen LogP contribution in [0.5, 0.6) is 5.75 Å². The van der Waals surface area contributed by atoms with Gasteiger partial charge < -0.3 is 14.9 Å². The fourth-order valence-electron chi connectivity index (χ4n) is 1.84. The number of thioether (sulfide) groups is 1. The lowest BCUT2D eigenvalue weighted by Gasteiger charge is -2.20. The molecule has 0 saturated carbocycles. The maximum atomic E-state index is 6.21. The summed E-state index contributed by atoms with van der Waals surface area (Å²) in [5.74, 6) is 1.77. The number of ether oxygens (including phenoxy) is 1. The van der Waals surface area contributed by atoms with E-state index in [0.717, 1.165) is 22.8 Å². The maximum Gasteiger partial charge on any atom is 0.119 e. The first kappa shape index (κ1) is 14.0. The van der Waals surface area contributed by atoms with E-state index in [9.17, 15) is 0 Å². The summed E-state index contributed by atoms with van der Waals surface area (Å²) in [7, 11) is 1.67. The van der Waals surface area contributed by atoms with Gasteiger partial charge in [0.2, 0.25) is 0 Å². The van der Waals surface area contributed by atoms with Crippen LogP contribution in [0.15, 0.2) is 52.0 Å². The standard InChI is InChI=1S/C15H19NO2S/c1-3-13(16)15(14-8-5-9-18-14)19-12-7-4-6-11(10-12)17-2/h4-10,13,15H,3,16H2,1-2H3. The summed E-state index contributed by atoms with van der Waals surface area (Å²) in [4.78, 5) is 1.13. The van der Waals surface area contributed by atoms with Gasteiger partial charge in [0.1, 0.15) is 11.5 Å². The summed E-state index contributed by atoms with van der Waals surface area (Å²) in [5, 5.41) is 0.118. The normalized spacial score (nSPS) is 14.1. The van der Waals surface area contributed by atoms with E-state index in [1.165, 1.54) is 0 Å². The number of rotatable bonds is 6. The summed E-state index contributed by atoms with van der Waals surface area (Å²) in [6.07, 6.45) is 2.60. The molecule has 2 N–H and O–H groups in total. The fourth-order valence-corrected chi connectivity index (χ4v) is 3.10. The van der Waals surface area contributed by atoms with E-state index in [-0.39, 0.29) is 11.3 Å². The predicted octanol–water partition coefficient (Wildman–Crippen LogP) is 3.86. The average molecular weight is 277 g/mol. The number of hydrogen-bond donors (Lipinski definition) is 1. The smallest absolute Gasteiger partial charge is 0.119 e. The molecule has 102 valence electrons. The Hall–Kier alpha value is -1.39. The second kappa shape index (κ2) is 6.68. The molecule has 1 aromatic heterocycles. The molecule has 4 heteroatoms. The molecular formula is C15H19NO2S. The van der Waals surface area contributed by atoms with E-state index < -0.39 is 0 Å². The molecule has 0 aliphatic heterocycles. The molecule has 1 heterocycles. The molecule has 0 aliphatic carbocycles. The topological polar surface area (TPSA) is 48.4 Å². The van der Waals surface area contributed by atoms with Crippen LogP contribution in [0.2, 0.25) is 0 Å². The van der Waals surface area contributed by atoms with E-state index >= 15 is 0 Å². The number of hydrogen-bond acceptors (Lipinski definition) is 4. The number of nitrogens with two attached hydrogens (primary N) is 1. The molecule has 0 aliphatic rings. The molecular weight excluding hydrogens is 258 g/mol. The Balaban J connectivity index is 2.20. The van der Waals surface area contributed by atoms with Gasteiger partial charge in [0.15, 0.2) is 0 Å². The van der Waals surface area contributed by atoms with Crippen molar-refractivity contribution in [1.29, 1.82) is 0 Å². The van der Waals surface area contributed by atoms with E-state index in [2.05, 4.69) is 13.0 Å². The Morgan fingerprint density at radius 2 is 2.16 bits per heavy atom. The highest BCUT2D eigenvalue weighted by Gasteiger charge is 2.22. The van der Waals surface area contributed by atoms with Crippen molar-refractivity contribution in [1.82, 2.24) is 0 Å². The largest absolute Gasteiger partial charge is 0.497 e. The van der Waals surface area contributed by atoms with Crippen molar-refractivity contribution in [3.63, 3.8) is 0 Å². The van der Waals surface area contributed by atoms with E-state index in [0.29, 0.717) is 0 Å². The molecule has 0 saturated heterocycles. The molecule has 0 fully saturated rings. The molecule has 0 radical (unpaired) electrons. The number of furan rings is 1. The third-order valence-electron chi connectivity index (χ3n) is 2.99. The third kappa shape index (κ3) is 3.55. The molecule has 2 aromatic rings. The predicted molar refractivity (Wildman–Crippen MR) is 78.6 cm³/mol. The van der Waals surface area contributed by atoms with Gasteiger partial charge in [0.25, 0.3) is 0 Å². The molecule has 2 unspecified atom stereocenters. The monoisotopic (exact) mass is 277 g/mol. The van der Waals surface area contributed by atoms with Crippen LogP contribution in [0, 0.1) is 0 Å². The highest BCUT2D eigenvalue weighted by molar-refractivity contribution is 7.99. The van der Waals surface area contributed by atoms with Gasteiger partial charge in [0.05, 0.1) is 18.6 Å². The van der Waals surface area contributed by atoms with Gasteiger partial charge in [-0.1, -0.05) is 13.0 Å². The zero-order valence-corrected chi connectivity index (χ0v) is 12.0. The molecule has 2 atom stereocenters. The minimum Gasteiger partial charge on any atom is -0.497 e. The summed E-state index contributed by atoms with van der Waals surface area (Å²) < 4.78 is 10.8. The van der Waals surface area contributed by atoms with Crippen LogP contribution in [0.25, 0.3) is 0 Å². The fraction of sp³-hybridized carbons (Fsp3) is 0.333. The zero-order chi connectivity index (χ0) is 13.7. The van der Waals surface area contributed by atoms with Crippen molar-refractivity contribution in [3.8, 4) is 5.75 Å². The van der Waals surface area contributed by atoms with Crippen molar-refractivity contribution >= 4 is 11.8 Å². The molecule has 0 amide bonds. The van der Waals surface area contributed by atoms with Gasteiger partial charge in [-0.25, -0.2) is 0 Å². The van der Waals surface area contributed by atoms with Gasteiger partial charge in [-0.3, -0.25) is 0 Å².